The van der Waals surface area contributed by atoms with Gasteiger partial charge in [-0.25, -0.2) is 0 Å². The average Bonchev–Trinajstić information content (AvgIpc) is 2.51. The maximum absolute atomic E-state index is 11.4. The molecule has 0 saturated heterocycles. The van der Waals surface area contributed by atoms with Crippen LogP contribution < -0.4 is 5.32 Å². The summed E-state index contributed by atoms with van der Waals surface area (Å²) in [6.07, 6.45) is 0.931. The summed E-state index contributed by atoms with van der Waals surface area (Å²) < 4.78 is 1.45. The van der Waals surface area contributed by atoms with Crippen LogP contribution in [0, 0.1) is 0 Å². The van der Waals surface area contributed by atoms with E-state index < -0.39 is 6.10 Å². The normalized spacial score (nSPS) is 14.9. The lowest BCUT2D eigenvalue weighted by atomic mass is 10.2. The van der Waals surface area contributed by atoms with Gasteiger partial charge in [0.05, 0.1) is 18.3 Å². The van der Waals surface area contributed by atoms with Crippen molar-refractivity contribution in [1.29, 1.82) is 0 Å². The fourth-order valence-corrected chi connectivity index (χ4v) is 0.853. The summed E-state index contributed by atoms with van der Waals surface area (Å²) in [7, 11) is 1.68. The van der Waals surface area contributed by atoms with Crippen molar-refractivity contribution >= 4 is 5.91 Å². The van der Waals surface area contributed by atoms with Crippen LogP contribution in [0.25, 0.3) is 0 Å². The molecule has 0 spiro atoms. The van der Waals surface area contributed by atoms with Crippen LogP contribution >= 0.6 is 0 Å². The fourth-order valence-electron chi connectivity index (χ4n) is 0.853. The van der Waals surface area contributed by atoms with Crippen molar-refractivity contribution in [3.8, 4) is 0 Å². The van der Waals surface area contributed by atoms with E-state index in [4.69, 9.17) is 5.11 Å². The Labute approximate surface area is 81.9 Å². The molecule has 0 aliphatic heterocycles. The zero-order valence-corrected chi connectivity index (χ0v) is 8.43. The van der Waals surface area contributed by atoms with Gasteiger partial charge in [-0.1, -0.05) is 5.21 Å². The van der Waals surface area contributed by atoms with Gasteiger partial charge in [0.1, 0.15) is 0 Å². The van der Waals surface area contributed by atoms with Gasteiger partial charge in [0.2, 0.25) is 0 Å². The van der Waals surface area contributed by atoms with Crippen molar-refractivity contribution in [3.63, 3.8) is 0 Å². The topological polar surface area (TPSA) is 80.0 Å². The first kappa shape index (κ1) is 10.6. The second kappa shape index (κ2) is 4.19. The minimum atomic E-state index is -0.587. The van der Waals surface area contributed by atoms with Crippen LogP contribution in [0.1, 0.15) is 24.3 Å². The monoisotopic (exact) mass is 198 g/mol. The van der Waals surface area contributed by atoms with E-state index in [1.807, 2.05) is 0 Å². The Balaban J connectivity index is 2.59. The number of amides is 1. The second-order valence-electron chi connectivity index (χ2n) is 3.28. The molecule has 1 rings (SSSR count). The summed E-state index contributed by atoms with van der Waals surface area (Å²) in [6, 6.07) is -0.301. The standard InChI is InChI=1S/C8H14N4O2/c1-5(6(2)13)9-8(14)7-4-12(3)11-10-7/h4-6,13H,1-3H3,(H,9,14). The maximum atomic E-state index is 11.4. The summed E-state index contributed by atoms with van der Waals surface area (Å²) in [5.74, 6) is -0.327. The number of hydrogen-bond acceptors (Lipinski definition) is 4. The molecule has 0 saturated carbocycles. The van der Waals surface area contributed by atoms with Gasteiger partial charge in [0, 0.05) is 7.05 Å². The van der Waals surface area contributed by atoms with Crippen LogP contribution in [0.2, 0.25) is 0 Å². The number of aromatic nitrogens is 3. The SMILES string of the molecule is CC(O)C(C)NC(=O)c1cn(C)nn1. The van der Waals surface area contributed by atoms with Gasteiger partial charge < -0.3 is 10.4 Å². The Kier molecular flexibility index (Phi) is 3.19. The van der Waals surface area contributed by atoms with Crippen molar-refractivity contribution in [2.45, 2.75) is 26.0 Å². The van der Waals surface area contributed by atoms with Crippen molar-refractivity contribution < 1.29 is 9.90 Å². The minimum Gasteiger partial charge on any atom is -0.391 e. The molecule has 0 aromatic carbocycles. The molecule has 2 atom stereocenters. The third-order valence-corrected chi connectivity index (χ3v) is 1.92. The largest absolute Gasteiger partial charge is 0.391 e. The number of aryl methyl sites for hydroxylation is 1. The summed E-state index contributed by atoms with van der Waals surface area (Å²) >= 11 is 0. The molecule has 14 heavy (non-hydrogen) atoms. The quantitative estimate of drug-likeness (QED) is 0.674. The Bertz CT molecular complexity index is 321. The smallest absolute Gasteiger partial charge is 0.273 e. The van der Waals surface area contributed by atoms with Crippen LogP contribution in [0.4, 0.5) is 0 Å². The molecular weight excluding hydrogens is 184 g/mol. The molecule has 1 heterocycles. The molecule has 1 aromatic heterocycles. The molecule has 0 bridgehead atoms. The molecule has 0 fully saturated rings. The number of hydrogen-bond donors (Lipinski definition) is 2. The van der Waals surface area contributed by atoms with E-state index in [1.165, 1.54) is 10.9 Å². The van der Waals surface area contributed by atoms with Crippen LogP contribution in [-0.2, 0) is 7.05 Å². The Morgan fingerprint density at radius 3 is 2.71 bits per heavy atom. The van der Waals surface area contributed by atoms with Gasteiger partial charge >= 0.3 is 0 Å². The number of aliphatic hydroxyl groups is 1. The highest BCUT2D eigenvalue weighted by molar-refractivity contribution is 5.92. The third-order valence-electron chi connectivity index (χ3n) is 1.92. The van der Waals surface area contributed by atoms with E-state index in [-0.39, 0.29) is 17.6 Å². The van der Waals surface area contributed by atoms with Crippen molar-refractivity contribution in [2.75, 3.05) is 0 Å². The van der Waals surface area contributed by atoms with Gasteiger partial charge in [-0.15, -0.1) is 5.10 Å². The fraction of sp³-hybridized carbons (Fsp3) is 0.625. The first-order chi connectivity index (χ1) is 6.50. The molecule has 2 N–H and O–H groups in total. The lowest BCUT2D eigenvalue weighted by Crippen LogP contribution is -2.39. The molecule has 0 aliphatic carbocycles. The first-order valence-corrected chi connectivity index (χ1v) is 4.36. The highest BCUT2D eigenvalue weighted by Crippen LogP contribution is 1.95. The molecule has 78 valence electrons. The number of rotatable bonds is 3. The van der Waals surface area contributed by atoms with E-state index in [2.05, 4.69) is 15.6 Å². The predicted octanol–water partition coefficient (Wildman–Crippen LogP) is -0.686. The third kappa shape index (κ3) is 2.53. The Hall–Kier alpha value is -1.43. The summed E-state index contributed by atoms with van der Waals surface area (Å²) in [5, 5.41) is 19.1. The van der Waals surface area contributed by atoms with Crippen LogP contribution in [0.15, 0.2) is 6.20 Å². The van der Waals surface area contributed by atoms with Crippen LogP contribution in [-0.4, -0.2) is 38.2 Å². The summed E-state index contributed by atoms with van der Waals surface area (Å²) in [5.41, 5.74) is 0.250. The summed E-state index contributed by atoms with van der Waals surface area (Å²) in [6.45, 7) is 3.33. The molecule has 0 aliphatic rings. The lowest BCUT2D eigenvalue weighted by molar-refractivity contribution is 0.0869. The van der Waals surface area contributed by atoms with Crippen molar-refractivity contribution in [2.24, 2.45) is 7.05 Å². The van der Waals surface area contributed by atoms with Crippen molar-refractivity contribution in [3.05, 3.63) is 11.9 Å². The molecule has 6 nitrogen and oxygen atoms in total. The van der Waals surface area contributed by atoms with Gasteiger partial charge in [0.15, 0.2) is 5.69 Å². The van der Waals surface area contributed by atoms with Crippen molar-refractivity contribution in [1.82, 2.24) is 20.3 Å². The Morgan fingerprint density at radius 1 is 1.64 bits per heavy atom. The van der Waals surface area contributed by atoms with E-state index in [0.29, 0.717) is 0 Å². The highest BCUT2D eigenvalue weighted by Gasteiger charge is 2.15. The van der Waals surface area contributed by atoms with E-state index in [0.717, 1.165) is 0 Å². The van der Waals surface area contributed by atoms with Gasteiger partial charge in [-0.05, 0) is 13.8 Å². The second-order valence-corrected chi connectivity index (χ2v) is 3.28. The zero-order valence-electron chi connectivity index (χ0n) is 8.43. The van der Waals surface area contributed by atoms with E-state index in [1.54, 1.807) is 20.9 Å². The highest BCUT2D eigenvalue weighted by atomic mass is 16.3. The zero-order chi connectivity index (χ0) is 10.7. The maximum Gasteiger partial charge on any atom is 0.273 e. The van der Waals surface area contributed by atoms with Gasteiger partial charge in [-0.3, -0.25) is 9.48 Å². The van der Waals surface area contributed by atoms with E-state index >= 15 is 0 Å². The number of carbonyl (C=O) groups excluding carboxylic acids is 1. The van der Waals surface area contributed by atoms with E-state index in [9.17, 15) is 4.79 Å². The first-order valence-electron chi connectivity index (χ1n) is 4.36. The minimum absolute atomic E-state index is 0.250. The Morgan fingerprint density at radius 2 is 2.29 bits per heavy atom. The number of aliphatic hydroxyl groups excluding tert-OH is 1. The molecule has 1 aromatic rings. The van der Waals surface area contributed by atoms with Gasteiger partial charge in [-0.2, -0.15) is 0 Å². The van der Waals surface area contributed by atoms with Gasteiger partial charge in [0.25, 0.3) is 5.91 Å². The number of nitrogens with zero attached hydrogens (tertiary/aromatic N) is 3. The summed E-state index contributed by atoms with van der Waals surface area (Å²) in [4.78, 5) is 11.4. The number of carbonyl (C=O) groups is 1. The number of nitrogens with one attached hydrogen (secondary N) is 1. The van der Waals surface area contributed by atoms with Crippen LogP contribution in [0.5, 0.6) is 0 Å². The van der Waals surface area contributed by atoms with Crippen LogP contribution in [0.3, 0.4) is 0 Å². The molecule has 2 unspecified atom stereocenters. The molecule has 1 amide bonds. The predicted molar refractivity (Wildman–Crippen MR) is 49.6 cm³/mol. The molecule has 0 radical (unpaired) electrons. The molecular formula is C8H14N4O2. The molecule has 6 heteroatoms. The lowest BCUT2D eigenvalue weighted by Gasteiger charge is -2.15. The average molecular weight is 198 g/mol.